The Labute approximate surface area is 313 Å². The number of fused-ring (bicyclic) bond motifs is 2. The van der Waals surface area contributed by atoms with E-state index in [1.165, 1.54) is 6.08 Å². The molecule has 2 fully saturated rings. The van der Waals surface area contributed by atoms with Gasteiger partial charge in [0.1, 0.15) is 6.10 Å². The molecule has 2 saturated heterocycles. The fraction of sp³-hybridized carbons (Fsp3) is 0.833. The number of esters is 1. The number of allylic oxidation sites excluding steroid dienone is 4. The lowest BCUT2D eigenvalue weighted by atomic mass is 9.83. The number of hydrogen-bond acceptors (Lipinski definition) is 10. The van der Waals surface area contributed by atoms with Crippen molar-refractivity contribution in [2.24, 2.45) is 23.7 Å². The molecule has 0 aromatic rings. The van der Waals surface area contributed by atoms with Gasteiger partial charge in [0.05, 0.1) is 48.3 Å². The fourth-order valence-corrected chi connectivity index (χ4v) is 8.02. The van der Waals surface area contributed by atoms with Gasteiger partial charge in [0.15, 0.2) is 5.79 Å². The van der Waals surface area contributed by atoms with Gasteiger partial charge in [0, 0.05) is 43.6 Å². The van der Waals surface area contributed by atoms with Crippen LogP contribution in [0.2, 0.25) is 0 Å². The summed E-state index contributed by atoms with van der Waals surface area (Å²) < 4.78 is 19.6. The van der Waals surface area contributed by atoms with Crippen molar-refractivity contribution >= 4 is 5.97 Å². The normalized spacial score (nSPS) is 43.6. The topological polar surface area (TPSA) is 166 Å². The molecule has 0 aliphatic carbocycles. The maximum absolute atomic E-state index is 13.3. The van der Waals surface area contributed by atoms with E-state index >= 15 is 0 Å². The predicted octanol–water partition coefficient (Wildman–Crippen LogP) is 6.05. The minimum absolute atomic E-state index is 0.0762. The van der Waals surface area contributed by atoms with Crippen LogP contribution in [0.5, 0.6) is 0 Å². The summed E-state index contributed by atoms with van der Waals surface area (Å²) in [7, 11) is 0. The average molecular weight is 737 g/mol. The first kappa shape index (κ1) is 44.8. The average Bonchev–Trinajstić information content (AvgIpc) is 3.09. The Morgan fingerprint density at radius 2 is 1.65 bits per heavy atom. The van der Waals surface area contributed by atoms with Gasteiger partial charge in [-0.3, -0.25) is 0 Å². The third-order valence-electron chi connectivity index (χ3n) is 12.0. The van der Waals surface area contributed by atoms with Crippen molar-refractivity contribution in [3.63, 3.8) is 0 Å². The van der Waals surface area contributed by atoms with Crippen molar-refractivity contribution < 1.29 is 49.6 Å². The highest BCUT2D eigenvalue weighted by Crippen LogP contribution is 2.44. The van der Waals surface area contributed by atoms with E-state index in [2.05, 4.69) is 26.0 Å². The van der Waals surface area contributed by atoms with Gasteiger partial charge >= 0.3 is 5.97 Å². The van der Waals surface area contributed by atoms with Crippen LogP contribution in [0.25, 0.3) is 0 Å². The zero-order valence-electron chi connectivity index (χ0n) is 32.8. The van der Waals surface area contributed by atoms with Crippen molar-refractivity contribution in [3.05, 3.63) is 36.5 Å². The summed E-state index contributed by atoms with van der Waals surface area (Å²) in [5.41, 5.74) is -1.40. The summed E-state index contributed by atoms with van der Waals surface area (Å²) in [6, 6.07) is 0. The Kier molecular flexibility index (Phi) is 18.5. The smallest absolute Gasteiger partial charge is 0.330 e. The SMILES string of the molecule is CC[C@H](O)C[C@H]1O[C@@]2(CC[C@H]1C)C[C@H]1C[C@H](CC[C@@H](CC)/C=C\C=C/CCC[C@](C)(O)[C@H](O)C[C@H](O)C[C@@H](O)[C@H](C)[C@@H](O)[C@@H](CC)/C=C\C(=O)O1)O2. The Morgan fingerprint density at radius 1 is 0.904 bits per heavy atom. The summed E-state index contributed by atoms with van der Waals surface area (Å²) in [4.78, 5) is 13.3. The van der Waals surface area contributed by atoms with Gasteiger partial charge in [-0.1, -0.05) is 65.0 Å². The molecule has 10 heteroatoms. The molecule has 6 N–H and O–H groups in total. The molecule has 52 heavy (non-hydrogen) atoms. The maximum Gasteiger partial charge on any atom is 0.330 e. The lowest BCUT2D eigenvalue weighted by Gasteiger charge is -2.50. The molecule has 2 bridgehead atoms. The van der Waals surface area contributed by atoms with E-state index < -0.39 is 65.8 Å². The largest absolute Gasteiger partial charge is 0.459 e. The molecule has 3 aliphatic heterocycles. The number of carbonyl (C=O) groups is 1. The third-order valence-corrected chi connectivity index (χ3v) is 12.0. The monoisotopic (exact) mass is 737 g/mol. The van der Waals surface area contributed by atoms with E-state index in [0.29, 0.717) is 57.3 Å². The number of aliphatic hydroxyl groups excluding tert-OH is 5. The molecule has 0 unspecified atom stereocenters. The van der Waals surface area contributed by atoms with Gasteiger partial charge < -0.3 is 44.8 Å². The van der Waals surface area contributed by atoms with Gasteiger partial charge in [-0.05, 0) is 89.4 Å². The number of aliphatic hydroxyl groups is 6. The molecule has 3 rings (SSSR count). The van der Waals surface area contributed by atoms with Crippen molar-refractivity contribution in [1.29, 1.82) is 0 Å². The van der Waals surface area contributed by atoms with Crippen LogP contribution in [0.15, 0.2) is 36.5 Å². The molecule has 0 amide bonds. The zero-order valence-corrected chi connectivity index (χ0v) is 32.8. The highest BCUT2D eigenvalue weighted by Gasteiger charge is 2.49. The number of hydrogen-bond donors (Lipinski definition) is 6. The van der Waals surface area contributed by atoms with Crippen molar-refractivity contribution in [1.82, 2.24) is 0 Å². The Morgan fingerprint density at radius 3 is 2.35 bits per heavy atom. The number of rotatable bonds is 5. The second kappa shape index (κ2) is 21.5. The molecule has 3 heterocycles. The molecular weight excluding hydrogens is 664 g/mol. The van der Waals surface area contributed by atoms with Crippen LogP contribution < -0.4 is 0 Å². The highest BCUT2D eigenvalue weighted by molar-refractivity contribution is 5.82. The summed E-state index contributed by atoms with van der Waals surface area (Å²) in [5, 5.41) is 65.0. The molecule has 0 aromatic carbocycles. The van der Waals surface area contributed by atoms with Crippen molar-refractivity contribution in [2.75, 3.05) is 0 Å². The van der Waals surface area contributed by atoms with Crippen molar-refractivity contribution in [3.8, 4) is 0 Å². The predicted molar refractivity (Wildman–Crippen MR) is 202 cm³/mol. The first-order chi connectivity index (χ1) is 24.6. The number of ether oxygens (including phenoxy) is 3. The lowest BCUT2D eigenvalue weighted by molar-refractivity contribution is -0.338. The van der Waals surface area contributed by atoms with E-state index in [9.17, 15) is 35.4 Å². The quantitative estimate of drug-likeness (QED) is 0.183. The van der Waals surface area contributed by atoms with E-state index in [1.807, 2.05) is 26.0 Å². The molecule has 0 radical (unpaired) electrons. The van der Waals surface area contributed by atoms with Crippen LogP contribution in [0, 0.1) is 23.7 Å². The van der Waals surface area contributed by atoms with E-state index in [1.54, 1.807) is 19.9 Å². The van der Waals surface area contributed by atoms with E-state index in [-0.39, 0.29) is 31.0 Å². The van der Waals surface area contributed by atoms with Crippen LogP contribution in [0.1, 0.15) is 138 Å². The minimum atomic E-state index is -1.40. The van der Waals surface area contributed by atoms with Gasteiger partial charge in [0.25, 0.3) is 0 Å². The fourth-order valence-electron chi connectivity index (χ4n) is 8.02. The van der Waals surface area contributed by atoms with Crippen LogP contribution >= 0.6 is 0 Å². The lowest BCUT2D eigenvalue weighted by Crippen LogP contribution is -2.54. The minimum Gasteiger partial charge on any atom is -0.459 e. The summed E-state index contributed by atoms with van der Waals surface area (Å²) in [6.07, 6.45) is 14.2. The second-order valence-electron chi connectivity index (χ2n) is 16.4. The Balaban J connectivity index is 1.85. The Hall–Kier alpha value is -1.63. The van der Waals surface area contributed by atoms with Gasteiger partial charge in [-0.15, -0.1) is 0 Å². The molecule has 1 spiro atoms. The highest BCUT2D eigenvalue weighted by atomic mass is 16.7. The molecule has 14 atom stereocenters. The summed E-state index contributed by atoms with van der Waals surface area (Å²) in [6.45, 7) is 11.4. The first-order valence-electron chi connectivity index (χ1n) is 20.3. The van der Waals surface area contributed by atoms with Gasteiger partial charge in [0.2, 0.25) is 0 Å². The number of carbonyl (C=O) groups excluding carboxylic acids is 1. The molecule has 3 aliphatic rings. The third kappa shape index (κ3) is 13.9. The summed E-state index contributed by atoms with van der Waals surface area (Å²) >= 11 is 0. The maximum atomic E-state index is 13.3. The Bertz CT molecular complexity index is 1140. The van der Waals surface area contributed by atoms with Crippen LogP contribution in [0.4, 0.5) is 0 Å². The van der Waals surface area contributed by atoms with Crippen LogP contribution in [-0.4, -0.2) is 96.8 Å². The van der Waals surface area contributed by atoms with Gasteiger partial charge in [-0.25, -0.2) is 4.79 Å². The van der Waals surface area contributed by atoms with Gasteiger partial charge in [-0.2, -0.15) is 0 Å². The van der Waals surface area contributed by atoms with E-state index in [4.69, 9.17) is 14.2 Å². The molecule has 0 saturated carbocycles. The first-order valence-corrected chi connectivity index (χ1v) is 20.3. The molecule has 10 nitrogen and oxygen atoms in total. The van der Waals surface area contributed by atoms with E-state index in [0.717, 1.165) is 32.1 Å². The zero-order chi connectivity index (χ0) is 38.5. The standard InChI is InChI=1S/C42H72O10/c1-7-30-15-13-11-10-12-14-21-41(6,49)38(46)25-33(44)23-36(45)29(5)40(48)31(8-2)17-19-39(47)50-35-26-34(18-16-30)51-42(27-35)22-20-28(4)37(52-42)24-32(43)9-3/h10-11,13,15,17,19,28-38,40,43-46,48-49H,7-9,12,14,16,18,20-27H2,1-6H3/b11-10-,15-13-,19-17-/t28-,29+,30+,31+,32+,33-,34+,35-,36-,37-,38-,40-,41+,42+/m1/s1. The summed E-state index contributed by atoms with van der Waals surface area (Å²) in [5.74, 6) is -1.90. The second-order valence-corrected chi connectivity index (χ2v) is 16.4. The molecular formula is C42H72O10. The van der Waals surface area contributed by atoms with Crippen molar-refractivity contribution in [2.45, 2.75) is 198 Å². The molecule has 0 aromatic heterocycles. The van der Waals surface area contributed by atoms with Crippen LogP contribution in [0.3, 0.4) is 0 Å². The molecule has 300 valence electrons. The van der Waals surface area contributed by atoms with Crippen LogP contribution in [-0.2, 0) is 19.0 Å².